The molecule has 3 rings (SSSR count). The molecule has 1 heterocycles. The Morgan fingerprint density at radius 2 is 1.88 bits per heavy atom. The van der Waals surface area contributed by atoms with Gasteiger partial charge in [-0.1, -0.05) is 57.0 Å². The zero-order valence-electron chi connectivity index (χ0n) is 19.1. The van der Waals surface area contributed by atoms with Crippen molar-refractivity contribution >= 4 is 35.2 Å². The standard InChI is InChI=1S/C23H32ClN5O2S/c1-14(2)20(26-22(31)16-9-11-17(24)12-10-16)21-27-28-23(29(21)4)32-13-19(30)25-18-8-6-5-7-15(18)3/h9-12,14-15,18,20H,5-8,13H2,1-4H3,(H,25,30)(H,26,31)/t15-,18-,20-/m0/s1. The Morgan fingerprint density at radius 1 is 1.19 bits per heavy atom. The van der Waals surface area contributed by atoms with Crippen molar-refractivity contribution in [3.63, 3.8) is 0 Å². The van der Waals surface area contributed by atoms with E-state index in [2.05, 4.69) is 27.8 Å². The van der Waals surface area contributed by atoms with Crippen LogP contribution in [0.15, 0.2) is 29.4 Å². The SMILES string of the molecule is CC(C)[C@H](NC(=O)c1ccc(Cl)cc1)c1nnc(SCC(=O)N[C@H]2CCCC[C@@H]2C)n1C. The molecule has 3 atom stereocenters. The molecule has 2 N–H and O–H groups in total. The minimum Gasteiger partial charge on any atom is -0.352 e. The summed E-state index contributed by atoms with van der Waals surface area (Å²) in [6, 6.07) is 6.72. The molecule has 0 spiro atoms. The quantitative estimate of drug-likeness (QED) is 0.550. The maximum atomic E-state index is 12.7. The lowest BCUT2D eigenvalue weighted by molar-refractivity contribution is -0.119. The van der Waals surface area contributed by atoms with Crippen molar-refractivity contribution < 1.29 is 9.59 Å². The number of halogens is 1. The van der Waals surface area contributed by atoms with E-state index < -0.39 is 0 Å². The van der Waals surface area contributed by atoms with Gasteiger partial charge in [-0.3, -0.25) is 9.59 Å². The van der Waals surface area contributed by atoms with E-state index >= 15 is 0 Å². The minimum atomic E-state index is -0.318. The van der Waals surface area contributed by atoms with Crippen molar-refractivity contribution in [2.75, 3.05) is 5.75 Å². The molecule has 1 aliphatic carbocycles. The molecular formula is C23H32ClN5O2S. The van der Waals surface area contributed by atoms with E-state index in [1.54, 1.807) is 24.3 Å². The highest BCUT2D eigenvalue weighted by Gasteiger charge is 2.26. The van der Waals surface area contributed by atoms with Gasteiger partial charge in [0.05, 0.1) is 11.8 Å². The van der Waals surface area contributed by atoms with E-state index in [0.29, 0.717) is 33.2 Å². The maximum Gasteiger partial charge on any atom is 0.251 e. The second-order valence-electron chi connectivity index (χ2n) is 8.83. The number of hydrogen-bond donors (Lipinski definition) is 2. The van der Waals surface area contributed by atoms with Crippen LogP contribution < -0.4 is 10.6 Å². The van der Waals surface area contributed by atoms with Gasteiger partial charge in [-0.05, 0) is 48.9 Å². The number of aromatic nitrogens is 3. The Hall–Kier alpha value is -2.06. The predicted molar refractivity (Wildman–Crippen MR) is 128 cm³/mol. The lowest BCUT2D eigenvalue weighted by Gasteiger charge is -2.29. The van der Waals surface area contributed by atoms with Crippen LogP contribution in [0.3, 0.4) is 0 Å². The fourth-order valence-electron chi connectivity index (χ4n) is 3.99. The molecular weight excluding hydrogens is 446 g/mol. The summed E-state index contributed by atoms with van der Waals surface area (Å²) in [5.41, 5.74) is 0.533. The normalized spacial score (nSPS) is 19.6. The number of carbonyl (C=O) groups is 2. The van der Waals surface area contributed by atoms with Gasteiger partial charge in [0.2, 0.25) is 5.91 Å². The Kier molecular flexibility index (Phi) is 8.59. The van der Waals surface area contributed by atoms with Gasteiger partial charge in [-0.25, -0.2) is 0 Å². The van der Waals surface area contributed by atoms with Crippen LogP contribution in [0, 0.1) is 11.8 Å². The highest BCUT2D eigenvalue weighted by molar-refractivity contribution is 7.99. The van der Waals surface area contributed by atoms with Crippen LogP contribution in [0.25, 0.3) is 0 Å². The number of carbonyl (C=O) groups excluding carboxylic acids is 2. The van der Waals surface area contributed by atoms with Gasteiger partial charge in [-0.15, -0.1) is 10.2 Å². The second kappa shape index (κ2) is 11.2. The molecule has 1 saturated carbocycles. The molecule has 0 unspecified atom stereocenters. The van der Waals surface area contributed by atoms with Gasteiger partial charge in [0.15, 0.2) is 11.0 Å². The lowest BCUT2D eigenvalue weighted by Crippen LogP contribution is -2.41. The van der Waals surface area contributed by atoms with Crippen molar-refractivity contribution in [1.82, 2.24) is 25.4 Å². The van der Waals surface area contributed by atoms with Crippen LogP contribution in [0.1, 0.15) is 68.7 Å². The van der Waals surface area contributed by atoms with E-state index in [1.807, 2.05) is 25.5 Å². The zero-order valence-corrected chi connectivity index (χ0v) is 20.7. The van der Waals surface area contributed by atoms with Crippen LogP contribution >= 0.6 is 23.4 Å². The molecule has 2 aromatic rings. The largest absolute Gasteiger partial charge is 0.352 e. The first-order chi connectivity index (χ1) is 15.3. The molecule has 0 aliphatic heterocycles. The summed E-state index contributed by atoms with van der Waals surface area (Å²) in [4.78, 5) is 25.2. The molecule has 1 aromatic heterocycles. The number of hydrogen-bond acceptors (Lipinski definition) is 5. The van der Waals surface area contributed by atoms with Gasteiger partial charge >= 0.3 is 0 Å². The van der Waals surface area contributed by atoms with Crippen molar-refractivity contribution in [2.24, 2.45) is 18.9 Å². The van der Waals surface area contributed by atoms with Crippen LogP contribution in [0.5, 0.6) is 0 Å². The average molecular weight is 478 g/mol. The fourth-order valence-corrected chi connectivity index (χ4v) is 4.84. The molecule has 1 aliphatic rings. The molecule has 174 valence electrons. The van der Waals surface area contributed by atoms with Crippen LogP contribution in [-0.4, -0.2) is 38.4 Å². The van der Waals surface area contributed by atoms with Gasteiger partial charge in [-0.2, -0.15) is 0 Å². The van der Waals surface area contributed by atoms with Crippen molar-refractivity contribution in [3.05, 3.63) is 40.7 Å². The Labute approximate surface area is 199 Å². The highest BCUT2D eigenvalue weighted by Crippen LogP contribution is 2.26. The third-order valence-electron chi connectivity index (χ3n) is 6.00. The molecule has 32 heavy (non-hydrogen) atoms. The molecule has 1 fully saturated rings. The first-order valence-electron chi connectivity index (χ1n) is 11.1. The number of nitrogens with one attached hydrogen (secondary N) is 2. The summed E-state index contributed by atoms with van der Waals surface area (Å²) < 4.78 is 1.86. The van der Waals surface area contributed by atoms with Crippen LogP contribution in [-0.2, 0) is 11.8 Å². The van der Waals surface area contributed by atoms with Crippen LogP contribution in [0.2, 0.25) is 5.02 Å². The fraction of sp³-hybridized carbons (Fsp3) is 0.565. The number of thioether (sulfide) groups is 1. The van der Waals surface area contributed by atoms with E-state index in [-0.39, 0.29) is 29.8 Å². The first-order valence-corrected chi connectivity index (χ1v) is 12.5. The summed E-state index contributed by atoms with van der Waals surface area (Å²) >= 11 is 7.28. The van der Waals surface area contributed by atoms with Crippen LogP contribution in [0.4, 0.5) is 0 Å². The Morgan fingerprint density at radius 3 is 2.53 bits per heavy atom. The number of rotatable bonds is 8. The Bertz CT molecular complexity index is 931. The molecule has 0 saturated heterocycles. The minimum absolute atomic E-state index is 0.0229. The zero-order chi connectivity index (χ0) is 23.3. The monoisotopic (exact) mass is 477 g/mol. The molecule has 7 nitrogen and oxygen atoms in total. The van der Waals surface area contributed by atoms with E-state index in [1.165, 1.54) is 31.0 Å². The van der Waals surface area contributed by atoms with E-state index in [4.69, 9.17) is 11.6 Å². The molecule has 0 bridgehead atoms. The number of amides is 2. The average Bonchev–Trinajstić information content (AvgIpc) is 3.12. The van der Waals surface area contributed by atoms with Crippen molar-refractivity contribution in [3.8, 4) is 0 Å². The second-order valence-corrected chi connectivity index (χ2v) is 10.2. The third kappa shape index (κ3) is 6.25. The Balaban J connectivity index is 1.62. The summed E-state index contributed by atoms with van der Waals surface area (Å²) in [6.07, 6.45) is 4.64. The van der Waals surface area contributed by atoms with E-state index in [9.17, 15) is 9.59 Å². The predicted octanol–water partition coefficient (Wildman–Crippen LogP) is 4.38. The molecule has 2 amide bonds. The van der Waals surface area contributed by atoms with Gasteiger partial charge in [0, 0.05) is 23.7 Å². The highest BCUT2D eigenvalue weighted by atomic mass is 35.5. The number of nitrogens with zero attached hydrogens (tertiary/aromatic N) is 3. The summed E-state index contributed by atoms with van der Waals surface area (Å²) in [6.45, 7) is 6.25. The number of benzene rings is 1. The smallest absolute Gasteiger partial charge is 0.251 e. The molecule has 1 aromatic carbocycles. The maximum absolute atomic E-state index is 12.7. The first kappa shape index (κ1) is 24.6. The van der Waals surface area contributed by atoms with Gasteiger partial charge < -0.3 is 15.2 Å². The summed E-state index contributed by atoms with van der Waals surface area (Å²) in [7, 11) is 1.86. The summed E-state index contributed by atoms with van der Waals surface area (Å²) in [5.74, 6) is 1.40. The van der Waals surface area contributed by atoms with Crippen molar-refractivity contribution in [1.29, 1.82) is 0 Å². The van der Waals surface area contributed by atoms with Crippen molar-refractivity contribution in [2.45, 2.75) is 63.7 Å². The third-order valence-corrected chi connectivity index (χ3v) is 7.27. The summed E-state index contributed by atoms with van der Waals surface area (Å²) in [5, 5.41) is 16.1. The molecule has 9 heteroatoms. The molecule has 0 radical (unpaired) electrons. The lowest BCUT2D eigenvalue weighted by atomic mass is 9.86. The van der Waals surface area contributed by atoms with Gasteiger partial charge in [0.1, 0.15) is 0 Å². The van der Waals surface area contributed by atoms with E-state index in [0.717, 1.165) is 6.42 Å². The van der Waals surface area contributed by atoms with Gasteiger partial charge in [0.25, 0.3) is 5.91 Å². The topological polar surface area (TPSA) is 88.9 Å².